The molecule has 0 radical (unpaired) electrons. The van der Waals surface area contributed by atoms with Gasteiger partial charge in [0.05, 0.1) is 19.4 Å². The van der Waals surface area contributed by atoms with E-state index in [1.165, 1.54) is 19.2 Å². The van der Waals surface area contributed by atoms with Crippen LogP contribution in [0.3, 0.4) is 0 Å². The Kier molecular flexibility index (Phi) is 7.27. The fraction of sp³-hybridized carbons (Fsp3) is 0.368. The maximum atomic E-state index is 12.4. The van der Waals surface area contributed by atoms with E-state index < -0.39 is 5.97 Å². The summed E-state index contributed by atoms with van der Waals surface area (Å²) in [6.45, 7) is 4.25. The number of methoxy groups -OCH3 is 2. The highest BCUT2D eigenvalue weighted by atomic mass is 35.5. The number of ether oxygens (including phenoxy) is 3. The Bertz CT molecular complexity index is 813. The number of phenolic OH excluding ortho intramolecular Hbond substituents is 1. The van der Waals surface area contributed by atoms with Gasteiger partial charge in [-0.2, -0.15) is 0 Å². The summed E-state index contributed by atoms with van der Waals surface area (Å²) in [5.41, 5.74) is 1.27. The molecule has 7 nitrogen and oxygen atoms in total. The first kappa shape index (κ1) is 20.8. The van der Waals surface area contributed by atoms with Crippen LogP contribution in [-0.4, -0.2) is 42.9 Å². The van der Waals surface area contributed by atoms with Crippen LogP contribution in [0.15, 0.2) is 24.3 Å². The van der Waals surface area contributed by atoms with Crippen LogP contribution < -0.4 is 10.1 Å². The van der Waals surface area contributed by atoms with E-state index >= 15 is 0 Å². The first-order valence-corrected chi connectivity index (χ1v) is 8.79. The molecular weight excluding hydrogens is 372 g/mol. The van der Waals surface area contributed by atoms with E-state index in [2.05, 4.69) is 10.3 Å². The fourth-order valence-electron chi connectivity index (χ4n) is 2.50. The summed E-state index contributed by atoms with van der Waals surface area (Å²) in [7, 11) is 2.89. The molecule has 1 aromatic carbocycles. The number of aromatic hydroxyl groups is 1. The number of pyridine rings is 1. The fourth-order valence-corrected chi connectivity index (χ4v) is 2.66. The highest BCUT2D eigenvalue weighted by molar-refractivity contribution is 6.30. The molecule has 1 aromatic heterocycles. The van der Waals surface area contributed by atoms with E-state index in [1.54, 1.807) is 26.2 Å². The molecule has 1 unspecified atom stereocenters. The molecule has 0 bridgehead atoms. The van der Waals surface area contributed by atoms with Gasteiger partial charge in [-0.15, -0.1) is 0 Å². The third-order valence-corrected chi connectivity index (χ3v) is 4.09. The zero-order valence-electron chi connectivity index (χ0n) is 15.7. The van der Waals surface area contributed by atoms with E-state index in [-0.39, 0.29) is 29.0 Å². The van der Waals surface area contributed by atoms with Crippen molar-refractivity contribution in [1.29, 1.82) is 0 Å². The Hall–Kier alpha value is -2.51. The van der Waals surface area contributed by atoms with Gasteiger partial charge in [-0.05, 0) is 31.5 Å². The molecule has 146 valence electrons. The van der Waals surface area contributed by atoms with E-state index in [9.17, 15) is 9.90 Å². The minimum Gasteiger partial charge on any atom is -0.504 e. The summed E-state index contributed by atoms with van der Waals surface area (Å²) in [5.74, 6) is -0.630. The first-order valence-electron chi connectivity index (χ1n) is 8.41. The molecule has 0 saturated carbocycles. The van der Waals surface area contributed by atoms with Crippen LogP contribution in [0.25, 0.3) is 0 Å². The highest BCUT2D eigenvalue weighted by Crippen LogP contribution is 2.36. The lowest BCUT2D eigenvalue weighted by Gasteiger charge is -2.21. The van der Waals surface area contributed by atoms with E-state index in [0.717, 1.165) is 6.42 Å². The van der Waals surface area contributed by atoms with E-state index in [1.807, 2.05) is 6.92 Å². The maximum absolute atomic E-state index is 12.4. The van der Waals surface area contributed by atoms with Gasteiger partial charge in [0, 0.05) is 29.9 Å². The van der Waals surface area contributed by atoms with E-state index in [4.69, 9.17) is 25.8 Å². The van der Waals surface area contributed by atoms with Crippen molar-refractivity contribution < 1.29 is 24.1 Å². The van der Waals surface area contributed by atoms with Crippen molar-refractivity contribution in [1.82, 2.24) is 4.98 Å². The number of esters is 1. The maximum Gasteiger partial charge on any atom is 0.345 e. The summed E-state index contributed by atoms with van der Waals surface area (Å²) >= 11 is 5.85. The lowest BCUT2D eigenvalue weighted by Crippen LogP contribution is -2.25. The largest absolute Gasteiger partial charge is 0.504 e. The van der Waals surface area contributed by atoms with Crippen LogP contribution in [0.5, 0.6) is 17.4 Å². The third-order valence-electron chi connectivity index (χ3n) is 3.85. The second-order valence-corrected chi connectivity index (χ2v) is 6.34. The molecule has 0 fully saturated rings. The average molecular weight is 395 g/mol. The number of carbonyl (C=O) groups excluding carboxylic acids is 1. The molecule has 0 aliphatic carbocycles. The second-order valence-electron chi connectivity index (χ2n) is 5.90. The van der Waals surface area contributed by atoms with E-state index in [0.29, 0.717) is 23.0 Å². The van der Waals surface area contributed by atoms with Crippen molar-refractivity contribution in [3.8, 4) is 17.4 Å². The van der Waals surface area contributed by atoms with Gasteiger partial charge in [-0.3, -0.25) is 0 Å². The van der Waals surface area contributed by atoms with Crippen molar-refractivity contribution in [2.24, 2.45) is 0 Å². The molecule has 1 heterocycles. The molecule has 2 N–H and O–H groups in total. The van der Waals surface area contributed by atoms with Crippen molar-refractivity contribution in [2.75, 3.05) is 26.1 Å². The van der Waals surface area contributed by atoms with Crippen LogP contribution in [0.4, 0.5) is 5.69 Å². The van der Waals surface area contributed by atoms with Crippen LogP contribution in [0.1, 0.15) is 29.4 Å². The Balaban J connectivity index is 2.50. The number of carbonyl (C=O) groups is 1. The molecule has 27 heavy (non-hydrogen) atoms. The van der Waals surface area contributed by atoms with Gasteiger partial charge in [0.25, 0.3) is 0 Å². The lowest BCUT2D eigenvalue weighted by molar-refractivity contribution is 0.0598. The molecule has 2 rings (SSSR count). The number of hydrogen-bond acceptors (Lipinski definition) is 7. The summed E-state index contributed by atoms with van der Waals surface area (Å²) in [4.78, 5) is 16.7. The van der Waals surface area contributed by atoms with Crippen molar-refractivity contribution in [3.05, 3.63) is 40.5 Å². The van der Waals surface area contributed by atoms with Crippen molar-refractivity contribution >= 4 is 23.3 Å². The lowest BCUT2D eigenvalue weighted by atomic mass is 10.1. The van der Waals surface area contributed by atoms with Crippen molar-refractivity contribution in [2.45, 2.75) is 26.3 Å². The van der Waals surface area contributed by atoms with Gasteiger partial charge in [-0.1, -0.05) is 18.5 Å². The molecular formula is C19H23ClN2O5. The Labute approximate surface area is 163 Å². The summed E-state index contributed by atoms with van der Waals surface area (Å²) in [6.07, 6.45) is 0.782. The molecule has 1 atom stereocenters. The number of rotatable bonds is 8. The smallest absolute Gasteiger partial charge is 0.345 e. The summed E-state index contributed by atoms with van der Waals surface area (Å²) in [6, 6.07) is 6.12. The number of anilines is 1. The number of halogens is 1. The van der Waals surface area contributed by atoms with Gasteiger partial charge >= 0.3 is 5.97 Å². The Morgan fingerprint density at radius 1 is 1.33 bits per heavy atom. The quantitative estimate of drug-likeness (QED) is 0.649. The number of nitrogens with zero attached hydrogens (tertiary/aromatic N) is 1. The SMILES string of the molecule is CCC(COC)Nc1cc(C)nc(Oc2ccc(Cl)cc2O)c1C(=O)OC. The molecule has 0 saturated heterocycles. The van der Waals surface area contributed by atoms with Gasteiger partial charge < -0.3 is 24.6 Å². The van der Waals surface area contributed by atoms with Gasteiger partial charge in [0.1, 0.15) is 5.56 Å². The predicted octanol–water partition coefficient (Wildman–Crippen LogP) is 4.16. The van der Waals surface area contributed by atoms with Crippen molar-refractivity contribution in [3.63, 3.8) is 0 Å². The summed E-state index contributed by atoms with van der Waals surface area (Å²) in [5, 5.41) is 13.7. The Morgan fingerprint density at radius 3 is 2.67 bits per heavy atom. The molecule has 0 aliphatic heterocycles. The minimum absolute atomic E-state index is 0.0167. The number of nitrogens with one attached hydrogen (secondary N) is 1. The predicted molar refractivity (Wildman–Crippen MR) is 103 cm³/mol. The number of benzene rings is 1. The zero-order chi connectivity index (χ0) is 20.0. The van der Waals surface area contributed by atoms with Crippen LogP contribution in [0.2, 0.25) is 5.02 Å². The van der Waals surface area contributed by atoms with Crippen LogP contribution in [0, 0.1) is 6.92 Å². The third kappa shape index (κ3) is 5.24. The topological polar surface area (TPSA) is 89.9 Å². The monoisotopic (exact) mass is 394 g/mol. The number of hydrogen-bond donors (Lipinski definition) is 2. The standard InChI is InChI=1S/C19H23ClN2O5/c1-5-13(10-25-3)22-14-8-11(2)21-18(17(14)19(24)26-4)27-16-7-6-12(20)9-15(16)23/h6-9,13,23H,5,10H2,1-4H3,(H,21,22). The minimum atomic E-state index is -0.610. The second kappa shape index (κ2) is 9.43. The molecule has 2 aromatic rings. The average Bonchev–Trinajstić information content (AvgIpc) is 2.62. The van der Waals surface area contributed by atoms with Gasteiger partial charge in [0.15, 0.2) is 11.5 Å². The number of aryl methyl sites for hydroxylation is 1. The molecule has 0 spiro atoms. The normalized spacial score (nSPS) is 11.7. The number of aromatic nitrogens is 1. The molecule has 0 aliphatic rings. The molecule has 0 amide bonds. The zero-order valence-corrected chi connectivity index (χ0v) is 16.5. The Morgan fingerprint density at radius 2 is 2.07 bits per heavy atom. The van der Waals surface area contributed by atoms with Crippen LogP contribution >= 0.6 is 11.6 Å². The number of phenols is 1. The van der Waals surface area contributed by atoms with Crippen LogP contribution in [-0.2, 0) is 9.47 Å². The first-order chi connectivity index (χ1) is 12.9. The highest BCUT2D eigenvalue weighted by Gasteiger charge is 2.24. The van der Waals surface area contributed by atoms with Gasteiger partial charge in [0.2, 0.25) is 5.88 Å². The molecule has 8 heteroatoms. The van der Waals surface area contributed by atoms with Gasteiger partial charge in [-0.25, -0.2) is 9.78 Å². The summed E-state index contributed by atoms with van der Waals surface area (Å²) < 4.78 is 15.8.